The zero-order chi connectivity index (χ0) is 14.2. The van der Waals surface area contributed by atoms with Gasteiger partial charge in [0.05, 0.1) is 0 Å². The predicted octanol–water partition coefficient (Wildman–Crippen LogP) is 5.26. The Balaban J connectivity index is 2.01. The molecule has 3 nitrogen and oxygen atoms in total. The molecule has 0 N–H and O–H groups in total. The Bertz CT molecular complexity index is 805. The number of hydrogen-bond donors (Lipinski definition) is 0. The maximum Gasteiger partial charge on any atom is 0.181 e. The molecule has 4 heteroatoms. The van der Waals surface area contributed by atoms with E-state index in [1.165, 1.54) is 0 Å². The fourth-order valence-corrected chi connectivity index (χ4v) is 3.19. The Morgan fingerprint density at radius 3 is 2.52 bits per heavy atom. The summed E-state index contributed by atoms with van der Waals surface area (Å²) in [7, 11) is 0. The van der Waals surface area contributed by atoms with Gasteiger partial charge in [0.15, 0.2) is 17.3 Å². The summed E-state index contributed by atoms with van der Waals surface area (Å²) in [6.45, 7) is 0. The molecular formula is C17H11IN2O. The van der Waals surface area contributed by atoms with Crippen LogP contribution in [0.5, 0.6) is 11.5 Å². The molecule has 1 aromatic heterocycles. The van der Waals surface area contributed by atoms with Crippen LogP contribution in [0.1, 0.15) is 0 Å². The first-order valence-corrected chi connectivity index (χ1v) is 7.69. The van der Waals surface area contributed by atoms with Gasteiger partial charge in [-0.05, 0) is 59.0 Å². The normalized spacial score (nSPS) is 12.3. The second-order valence-corrected chi connectivity index (χ2v) is 5.85. The minimum absolute atomic E-state index is 0.774. The highest BCUT2D eigenvalue weighted by Crippen LogP contribution is 2.50. The third kappa shape index (κ3) is 2.06. The number of halogens is 1. The van der Waals surface area contributed by atoms with Crippen molar-refractivity contribution in [2.45, 2.75) is 0 Å². The molecule has 1 aliphatic rings. The highest BCUT2D eigenvalue weighted by molar-refractivity contribution is 14.1. The zero-order valence-electron chi connectivity index (χ0n) is 11.0. The van der Waals surface area contributed by atoms with Crippen LogP contribution in [0.2, 0.25) is 0 Å². The van der Waals surface area contributed by atoms with E-state index in [2.05, 4.69) is 50.7 Å². The van der Waals surface area contributed by atoms with Crippen LogP contribution in [-0.2, 0) is 0 Å². The third-order valence-corrected chi connectivity index (χ3v) is 4.24. The summed E-state index contributed by atoms with van der Waals surface area (Å²) < 4.78 is 7.13. The molecule has 0 fully saturated rings. The Morgan fingerprint density at radius 1 is 0.857 bits per heavy atom. The minimum Gasteiger partial charge on any atom is -0.451 e. The molecule has 0 saturated carbocycles. The number of para-hydroxylation sites is 2. The fraction of sp³-hybridized carbons (Fsp3) is 0. The monoisotopic (exact) mass is 386 g/mol. The van der Waals surface area contributed by atoms with Crippen molar-refractivity contribution in [1.82, 2.24) is 4.98 Å². The second-order valence-electron chi connectivity index (χ2n) is 4.68. The van der Waals surface area contributed by atoms with Crippen LogP contribution in [0.25, 0.3) is 0 Å². The lowest BCUT2D eigenvalue weighted by Gasteiger charge is -2.32. The van der Waals surface area contributed by atoms with E-state index in [4.69, 9.17) is 4.74 Å². The Labute approximate surface area is 136 Å². The minimum atomic E-state index is 0.774. The molecule has 0 radical (unpaired) electrons. The predicted molar refractivity (Wildman–Crippen MR) is 91.7 cm³/mol. The Hall–Kier alpha value is -2.08. The highest BCUT2D eigenvalue weighted by Gasteiger charge is 2.28. The summed E-state index contributed by atoms with van der Waals surface area (Å²) >= 11 is 2.33. The van der Waals surface area contributed by atoms with Gasteiger partial charge in [-0.2, -0.15) is 0 Å². The summed E-state index contributed by atoms with van der Waals surface area (Å²) in [5, 5.41) is 0. The van der Waals surface area contributed by atoms with Crippen LogP contribution in [0.15, 0.2) is 66.9 Å². The van der Waals surface area contributed by atoms with Gasteiger partial charge in [0, 0.05) is 15.5 Å². The molecule has 0 unspecified atom stereocenters. The van der Waals surface area contributed by atoms with Gasteiger partial charge in [-0.25, -0.2) is 4.98 Å². The van der Waals surface area contributed by atoms with Gasteiger partial charge in [0.1, 0.15) is 5.69 Å². The SMILES string of the molecule is Ic1cccc2c1N(c1ccccc1)c1ncccc1O2. The van der Waals surface area contributed by atoms with Gasteiger partial charge in [-0.3, -0.25) is 4.90 Å². The first-order chi connectivity index (χ1) is 10.3. The molecule has 2 aromatic carbocycles. The van der Waals surface area contributed by atoms with Crippen LogP contribution in [-0.4, -0.2) is 4.98 Å². The number of nitrogens with zero attached hydrogens (tertiary/aromatic N) is 2. The van der Waals surface area contributed by atoms with Gasteiger partial charge >= 0.3 is 0 Å². The van der Waals surface area contributed by atoms with Crippen molar-refractivity contribution >= 4 is 39.8 Å². The summed E-state index contributed by atoms with van der Waals surface area (Å²) in [5.74, 6) is 2.45. The number of fused-ring (bicyclic) bond motifs is 2. The second kappa shape index (κ2) is 5.04. The standard InChI is InChI=1S/C17H11IN2O/c18-13-8-4-9-14-16(13)20(12-6-2-1-3-7-12)17-15(21-14)10-5-11-19-17/h1-11H. The summed E-state index contributed by atoms with van der Waals surface area (Å²) in [5.41, 5.74) is 2.11. The van der Waals surface area contributed by atoms with Gasteiger partial charge in [-0.15, -0.1) is 0 Å². The van der Waals surface area contributed by atoms with Crippen molar-refractivity contribution in [1.29, 1.82) is 0 Å². The van der Waals surface area contributed by atoms with Crippen molar-refractivity contribution in [3.8, 4) is 11.5 Å². The lowest BCUT2D eigenvalue weighted by molar-refractivity contribution is 0.473. The lowest BCUT2D eigenvalue weighted by Crippen LogP contribution is -2.18. The van der Waals surface area contributed by atoms with E-state index < -0.39 is 0 Å². The van der Waals surface area contributed by atoms with E-state index >= 15 is 0 Å². The van der Waals surface area contributed by atoms with Crippen LogP contribution in [0.4, 0.5) is 17.2 Å². The van der Waals surface area contributed by atoms with Gasteiger partial charge in [-0.1, -0.05) is 24.3 Å². The topological polar surface area (TPSA) is 25.4 Å². The molecule has 0 amide bonds. The third-order valence-electron chi connectivity index (χ3n) is 3.37. The first kappa shape index (κ1) is 12.6. The fourth-order valence-electron chi connectivity index (χ4n) is 2.48. The molecule has 4 rings (SSSR count). The molecule has 0 saturated heterocycles. The molecule has 0 spiro atoms. The van der Waals surface area contributed by atoms with E-state index in [9.17, 15) is 0 Å². The van der Waals surface area contributed by atoms with Crippen molar-refractivity contribution in [3.05, 3.63) is 70.4 Å². The average Bonchev–Trinajstić information content (AvgIpc) is 2.54. The number of benzene rings is 2. The van der Waals surface area contributed by atoms with Gasteiger partial charge in [0.25, 0.3) is 0 Å². The number of ether oxygens (including phenoxy) is 1. The van der Waals surface area contributed by atoms with Crippen LogP contribution in [0.3, 0.4) is 0 Å². The summed E-state index contributed by atoms with van der Waals surface area (Å²) in [4.78, 5) is 6.66. The van der Waals surface area contributed by atoms with Crippen LogP contribution in [0, 0.1) is 3.57 Å². The van der Waals surface area contributed by atoms with Gasteiger partial charge < -0.3 is 4.74 Å². The maximum absolute atomic E-state index is 6.00. The molecule has 0 atom stereocenters. The van der Waals surface area contributed by atoms with E-state index in [-0.39, 0.29) is 0 Å². The van der Waals surface area contributed by atoms with E-state index in [1.807, 2.05) is 42.5 Å². The number of rotatable bonds is 1. The number of anilines is 3. The average molecular weight is 386 g/mol. The van der Waals surface area contributed by atoms with Crippen molar-refractivity contribution < 1.29 is 4.74 Å². The van der Waals surface area contributed by atoms with E-state index in [0.717, 1.165) is 32.3 Å². The maximum atomic E-state index is 6.00. The summed E-state index contributed by atoms with van der Waals surface area (Å²) in [6.07, 6.45) is 1.79. The van der Waals surface area contributed by atoms with Crippen LogP contribution >= 0.6 is 22.6 Å². The zero-order valence-corrected chi connectivity index (χ0v) is 13.2. The molecule has 1 aliphatic heterocycles. The smallest absolute Gasteiger partial charge is 0.181 e. The lowest BCUT2D eigenvalue weighted by atomic mass is 10.2. The van der Waals surface area contributed by atoms with E-state index in [1.54, 1.807) is 6.20 Å². The number of aromatic nitrogens is 1. The number of hydrogen-bond acceptors (Lipinski definition) is 3. The summed E-state index contributed by atoms with van der Waals surface area (Å²) in [6, 6.07) is 20.1. The van der Waals surface area contributed by atoms with Crippen molar-refractivity contribution in [2.75, 3.05) is 4.90 Å². The molecule has 3 aromatic rings. The molecule has 0 bridgehead atoms. The highest BCUT2D eigenvalue weighted by atomic mass is 127. The largest absolute Gasteiger partial charge is 0.451 e. The molecule has 0 aliphatic carbocycles. The van der Waals surface area contributed by atoms with Crippen molar-refractivity contribution in [3.63, 3.8) is 0 Å². The number of pyridine rings is 1. The molecule has 21 heavy (non-hydrogen) atoms. The quantitative estimate of drug-likeness (QED) is 0.417. The van der Waals surface area contributed by atoms with E-state index in [0.29, 0.717) is 0 Å². The first-order valence-electron chi connectivity index (χ1n) is 6.61. The van der Waals surface area contributed by atoms with Crippen molar-refractivity contribution in [2.24, 2.45) is 0 Å². The molecule has 102 valence electrons. The Morgan fingerprint density at radius 2 is 1.67 bits per heavy atom. The molecule has 2 heterocycles. The molecular weight excluding hydrogens is 375 g/mol. The van der Waals surface area contributed by atoms with Crippen LogP contribution < -0.4 is 9.64 Å². The Kier molecular flexibility index (Phi) is 3.03. The van der Waals surface area contributed by atoms with Gasteiger partial charge in [0.2, 0.25) is 0 Å².